The zero-order valence-corrected chi connectivity index (χ0v) is 25.4. The zero-order chi connectivity index (χ0) is 29.3. The van der Waals surface area contributed by atoms with Crippen molar-refractivity contribution < 1.29 is 18.0 Å². The van der Waals surface area contributed by atoms with Crippen molar-refractivity contribution in [1.29, 1.82) is 0 Å². The molecule has 2 amide bonds. The fraction of sp³-hybridized carbons (Fsp3) is 0.310. The summed E-state index contributed by atoms with van der Waals surface area (Å²) in [5.41, 5.74) is 1.72. The van der Waals surface area contributed by atoms with Gasteiger partial charge in [0, 0.05) is 24.5 Å². The number of benzene rings is 3. The molecule has 0 heterocycles. The van der Waals surface area contributed by atoms with E-state index in [0.717, 1.165) is 29.0 Å². The van der Waals surface area contributed by atoms with Gasteiger partial charge in [-0.25, -0.2) is 8.42 Å². The van der Waals surface area contributed by atoms with Gasteiger partial charge in [-0.2, -0.15) is 0 Å². The lowest BCUT2D eigenvalue weighted by molar-refractivity contribution is -0.140. The maximum absolute atomic E-state index is 14.0. The van der Waals surface area contributed by atoms with E-state index in [0.29, 0.717) is 27.2 Å². The van der Waals surface area contributed by atoms with Crippen LogP contribution >= 0.6 is 34.8 Å². The van der Waals surface area contributed by atoms with E-state index in [9.17, 15) is 18.0 Å². The summed E-state index contributed by atoms with van der Waals surface area (Å²) < 4.78 is 26.6. The molecule has 1 atom stereocenters. The second kappa shape index (κ2) is 14.7. The molecule has 0 aliphatic rings. The topological polar surface area (TPSA) is 86.8 Å². The van der Waals surface area contributed by atoms with Crippen molar-refractivity contribution in [1.82, 2.24) is 10.2 Å². The van der Waals surface area contributed by atoms with Crippen molar-refractivity contribution in [2.24, 2.45) is 0 Å². The highest BCUT2D eigenvalue weighted by atomic mass is 35.5. The number of unbranched alkanes of at least 4 members (excludes halogenated alkanes) is 1. The van der Waals surface area contributed by atoms with Gasteiger partial charge in [0.15, 0.2) is 0 Å². The molecule has 3 rings (SSSR count). The Morgan fingerprint density at radius 3 is 2.25 bits per heavy atom. The number of halogens is 3. The highest BCUT2D eigenvalue weighted by Gasteiger charge is 2.33. The number of carbonyl (C=O) groups excluding carboxylic acids is 2. The average molecular weight is 625 g/mol. The summed E-state index contributed by atoms with van der Waals surface area (Å²) in [4.78, 5) is 29.0. The Kier molecular flexibility index (Phi) is 11.7. The molecule has 40 heavy (non-hydrogen) atoms. The Bertz CT molecular complexity index is 1420. The summed E-state index contributed by atoms with van der Waals surface area (Å²) in [5, 5.41) is 3.92. The van der Waals surface area contributed by atoms with E-state index in [-0.39, 0.29) is 24.6 Å². The quantitative estimate of drug-likeness (QED) is 0.238. The minimum absolute atomic E-state index is 0.00156. The molecule has 3 aromatic carbocycles. The lowest BCUT2D eigenvalue weighted by atomic mass is 10.0. The van der Waals surface area contributed by atoms with E-state index in [4.69, 9.17) is 34.8 Å². The Morgan fingerprint density at radius 1 is 0.900 bits per heavy atom. The minimum Gasteiger partial charge on any atom is -0.354 e. The third kappa shape index (κ3) is 9.13. The predicted molar refractivity (Wildman–Crippen MR) is 163 cm³/mol. The van der Waals surface area contributed by atoms with Crippen LogP contribution in [0.15, 0.2) is 72.8 Å². The van der Waals surface area contributed by atoms with Gasteiger partial charge in [0.25, 0.3) is 0 Å². The number of carbonyl (C=O) groups is 2. The van der Waals surface area contributed by atoms with Crippen LogP contribution in [0, 0.1) is 0 Å². The molecular formula is C29H32Cl3N3O4S. The van der Waals surface area contributed by atoms with Gasteiger partial charge in [0.05, 0.1) is 22.0 Å². The molecule has 0 aromatic heterocycles. The van der Waals surface area contributed by atoms with E-state index in [1.165, 1.54) is 11.0 Å². The largest absolute Gasteiger partial charge is 0.354 e. The molecule has 0 bridgehead atoms. The van der Waals surface area contributed by atoms with Gasteiger partial charge in [-0.1, -0.05) is 90.6 Å². The summed E-state index contributed by atoms with van der Waals surface area (Å²) in [5.74, 6) is -0.901. The third-order valence-electron chi connectivity index (χ3n) is 6.21. The number of amides is 2. The van der Waals surface area contributed by atoms with Crippen LogP contribution in [0.25, 0.3) is 0 Å². The van der Waals surface area contributed by atoms with Gasteiger partial charge in [-0.15, -0.1) is 0 Å². The first kappa shape index (κ1) is 31.7. The minimum atomic E-state index is -3.88. The number of anilines is 1. The van der Waals surface area contributed by atoms with Crippen molar-refractivity contribution in [2.75, 3.05) is 23.7 Å². The molecule has 0 saturated heterocycles. The number of hydrogen-bond acceptors (Lipinski definition) is 4. The van der Waals surface area contributed by atoms with Gasteiger partial charge in [-0.05, 0) is 47.9 Å². The molecule has 1 N–H and O–H groups in total. The normalized spacial score (nSPS) is 12.0. The van der Waals surface area contributed by atoms with Crippen LogP contribution in [0.1, 0.15) is 30.9 Å². The highest BCUT2D eigenvalue weighted by molar-refractivity contribution is 7.92. The number of nitrogens with one attached hydrogen (secondary N) is 1. The summed E-state index contributed by atoms with van der Waals surface area (Å²) in [7, 11) is -3.88. The molecule has 0 radical (unpaired) electrons. The molecule has 214 valence electrons. The van der Waals surface area contributed by atoms with Crippen LogP contribution in [0.3, 0.4) is 0 Å². The van der Waals surface area contributed by atoms with Crippen molar-refractivity contribution in [3.63, 3.8) is 0 Å². The van der Waals surface area contributed by atoms with Crippen LogP contribution in [0.5, 0.6) is 0 Å². The molecule has 11 heteroatoms. The lowest BCUT2D eigenvalue weighted by Gasteiger charge is -2.33. The van der Waals surface area contributed by atoms with Crippen LogP contribution in [0.4, 0.5) is 5.69 Å². The van der Waals surface area contributed by atoms with Gasteiger partial charge < -0.3 is 10.2 Å². The van der Waals surface area contributed by atoms with Gasteiger partial charge >= 0.3 is 0 Å². The standard InChI is InChI=1S/C29H32Cl3N3O4S/c1-3-4-15-33-29(37)27(17-21-9-6-5-7-10-21)34(19-22-13-14-25(31)26(32)16-22)28(36)20-35(40(2,38)39)24-12-8-11-23(30)18-24/h5-14,16,18,27H,3-4,15,17,19-20H2,1-2H3,(H,33,37)/t27-/m1/s1. The maximum atomic E-state index is 14.0. The van der Waals surface area contributed by atoms with Crippen LogP contribution < -0.4 is 9.62 Å². The lowest BCUT2D eigenvalue weighted by Crippen LogP contribution is -2.53. The molecule has 0 aliphatic heterocycles. The zero-order valence-electron chi connectivity index (χ0n) is 22.3. The molecule has 0 fully saturated rings. The number of sulfonamides is 1. The Morgan fingerprint density at radius 2 is 1.62 bits per heavy atom. The smallest absolute Gasteiger partial charge is 0.244 e. The molecule has 0 aliphatic carbocycles. The van der Waals surface area contributed by atoms with Crippen molar-refractivity contribution in [3.8, 4) is 0 Å². The Labute approximate surface area is 251 Å². The fourth-order valence-electron chi connectivity index (χ4n) is 4.14. The predicted octanol–water partition coefficient (Wildman–Crippen LogP) is 5.97. The molecule has 3 aromatic rings. The van der Waals surface area contributed by atoms with E-state index in [1.54, 1.807) is 36.4 Å². The SMILES string of the molecule is CCCCNC(=O)[C@@H](Cc1ccccc1)N(Cc1ccc(Cl)c(Cl)c1)C(=O)CN(c1cccc(Cl)c1)S(C)(=O)=O. The van der Waals surface area contributed by atoms with E-state index in [2.05, 4.69) is 5.32 Å². The first-order valence-corrected chi connectivity index (χ1v) is 15.8. The summed E-state index contributed by atoms with van der Waals surface area (Å²) in [6.45, 7) is 1.94. The molecule has 0 spiro atoms. The summed E-state index contributed by atoms with van der Waals surface area (Å²) >= 11 is 18.5. The van der Waals surface area contributed by atoms with E-state index in [1.807, 2.05) is 37.3 Å². The van der Waals surface area contributed by atoms with Crippen LogP contribution in [-0.2, 0) is 32.6 Å². The van der Waals surface area contributed by atoms with Gasteiger partial charge in [0.2, 0.25) is 21.8 Å². The second-order valence-electron chi connectivity index (χ2n) is 9.37. The molecule has 7 nitrogen and oxygen atoms in total. The number of nitrogens with zero attached hydrogens (tertiary/aromatic N) is 2. The van der Waals surface area contributed by atoms with Crippen LogP contribution in [0.2, 0.25) is 15.1 Å². The van der Waals surface area contributed by atoms with Crippen molar-refractivity contribution in [2.45, 2.75) is 38.8 Å². The van der Waals surface area contributed by atoms with E-state index >= 15 is 0 Å². The second-order valence-corrected chi connectivity index (χ2v) is 12.5. The third-order valence-corrected chi connectivity index (χ3v) is 8.33. The van der Waals surface area contributed by atoms with Crippen molar-refractivity contribution >= 4 is 62.3 Å². The van der Waals surface area contributed by atoms with Gasteiger partial charge in [-0.3, -0.25) is 13.9 Å². The highest BCUT2D eigenvalue weighted by Crippen LogP contribution is 2.26. The Hall–Kier alpha value is -2.78. The first-order valence-electron chi connectivity index (χ1n) is 12.8. The van der Waals surface area contributed by atoms with Crippen LogP contribution in [-0.4, -0.2) is 50.5 Å². The first-order chi connectivity index (χ1) is 19.0. The van der Waals surface area contributed by atoms with Crippen molar-refractivity contribution in [3.05, 3.63) is 99.0 Å². The fourth-order valence-corrected chi connectivity index (χ4v) is 5.49. The number of rotatable bonds is 13. The average Bonchev–Trinajstić information content (AvgIpc) is 2.91. The van der Waals surface area contributed by atoms with E-state index < -0.39 is 28.5 Å². The molecule has 0 saturated carbocycles. The number of hydrogen-bond donors (Lipinski definition) is 1. The van der Waals surface area contributed by atoms with Gasteiger partial charge in [0.1, 0.15) is 12.6 Å². The Balaban J connectivity index is 2.05. The molecule has 0 unspecified atom stereocenters. The summed E-state index contributed by atoms with van der Waals surface area (Å²) in [6, 6.07) is 19.6. The summed E-state index contributed by atoms with van der Waals surface area (Å²) in [6.07, 6.45) is 2.91. The monoisotopic (exact) mass is 623 g/mol. The maximum Gasteiger partial charge on any atom is 0.244 e. The molecular weight excluding hydrogens is 593 g/mol.